The molecule has 2 rings (SSSR count). The van der Waals surface area contributed by atoms with Crippen LogP contribution in [0.5, 0.6) is 5.88 Å². The number of nitrogens with zero attached hydrogens (tertiary/aromatic N) is 2. The highest BCUT2D eigenvalue weighted by atomic mass is 31.1. The van der Waals surface area contributed by atoms with Gasteiger partial charge >= 0.3 is 5.97 Å². The molecule has 0 bridgehead atoms. The normalized spacial score (nSPS) is 15.8. The smallest absolute Gasteiger partial charge is 0.358 e. The van der Waals surface area contributed by atoms with Gasteiger partial charge in [-0.05, 0) is 6.07 Å². The van der Waals surface area contributed by atoms with Gasteiger partial charge in [-0.2, -0.15) is 0 Å². The van der Waals surface area contributed by atoms with E-state index in [1.54, 1.807) is 6.07 Å². The minimum atomic E-state index is -0.462. The third kappa shape index (κ3) is 1.68. The Kier molecular flexibility index (Phi) is 2.59. The van der Waals surface area contributed by atoms with Crippen molar-refractivity contribution in [2.75, 3.05) is 19.9 Å². The van der Waals surface area contributed by atoms with Crippen molar-refractivity contribution in [1.29, 1.82) is 0 Å². The molecular weight excluding hydrogens is 203 g/mol. The number of fused-ring (bicyclic) bond motifs is 1. The number of aromatic nitrogens is 2. The monoisotopic (exact) mass is 212 g/mol. The van der Waals surface area contributed by atoms with E-state index in [9.17, 15) is 4.79 Å². The molecule has 14 heavy (non-hydrogen) atoms. The van der Waals surface area contributed by atoms with Crippen molar-refractivity contribution in [3.05, 3.63) is 11.8 Å². The summed E-state index contributed by atoms with van der Waals surface area (Å²) in [5, 5.41) is 8.49. The Bertz CT molecular complexity index is 370. The Labute approximate surface area is 82.6 Å². The third-order valence-corrected chi connectivity index (χ3v) is 3.00. The number of carbonyl (C=O) groups excluding carboxylic acids is 1. The minimum Gasteiger partial charge on any atom is -0.476 e. The fourth-order valence-corrected chi connectivity index (χ4v) is 2.14. The lowest BCUT2D eigenvalue weighted by Gasteiger charge is -2.14. The lowest BCUT2D eigenvalue weighted by atomic mass is 10.4. The highest BCUT2D eigenvalue weighted by Gasteiger charge is 2.16. The summed E-state index contributed by atoms with van der Waals surface area (Å²) in [5.74, 6) is 0.0814. The topological polar surface area (TPSA) is 61.3 Å². The van der Waals surface area contributed by atoms with E-state index in [0.29, 0.717) is 21.1 Å². The van der Waals surface area contributed by atoms with Crippen molar-refractivity contribution < 1.29 is 14.3 Å². The van der Waals surface area contributed by atoms with E-state index in [4.69, 9.17) is 4.74 Å². The van der Waals surface area contributed by atoms with E-state index in [1.807, 2.05) is 0 Å². The van der Waals surface area contributed by atoms with Gasteiger partial charge < -0.3 is 9.47 Å². The quantitative estimate of drug-likeness (QED) is 0.482. The summed E-state index contributed by atoms with van der Waals surface area (Å²) in [4.78, 5) is 11.1. The molecule has 0 fully saturated rings. The van der Waals surface area contributed by atoms with Crippen LogP contribution in [0.3, 0.4) is 0 Å². The van der Waals surface area contributed by atoms with Crippen LogP contribution in [0, 0.1) is 0 Å². The summed E-state index contributed by atoms with van der Waals surface area (Å²) in [6.45, 7) is 0.678. The molecule has 0 aliphatic carbocycles. The lowest BCUT2D eigenvalue weighted by molar-refractivity contribution is 0.0592. The summed E-state index contributed by atoms with van der Waals surface area (Å²) >= 11 is 0. The second-order valence-corrected chi connectivity index (χ2v) is 4.11. The molecule has 0 aromatic carbocycles. The minimum absolute atomic E-state index is 0.240. The maximum atomic E-state index is 11.1. The Hall–Kier alpha value is -1.22. The number of hydrogen-bond acceptors (Lipinski definition) is 5. The molecule has 0 radical (unpaired) electrons. The number of carbonyl (C=O) groups is 1. The van der Waals surface area contributed by atoms with Crippen LogP contribution >= 0.6 is 8.58 Å². The van der Waals surface area contributed by atoms with Crippen molar-refractivity contribution in [2.24, 2.45) is 0 Å². The van der Waals surface area contributed by atoms with Crippen molar-refractivity contribution in [3.63, 3.8) is 0 Å². The average molecular weight is 212 g/mol. The van der Waals surface area contributed by atoms with Crippen LogP contribution in [0.15, 0.2) is 6.07 Å². The molecule has 0 saturated heterocycles. The van der Waals surface area contributed by atoms with Crippen LogP contribution in [0.4, 0.5) is 0 Å². The molecule has 0 amide bonds. The van der Waals surface area contributed by atoms with Crippen molar-refractivity contribution >= 4 is 19.9 Å². The highest BCUT2D eigenvalue weighted by molar-refractivity contribution is 7.47. The largest absolute Gasteiger partial charge is 0.476 e. The molecule has 1 unspecified atom stereocenters. The molecule has 1 aromatic rings. The standard InChI is InChI=1S/C8H9N2O3P/c1-12-8(11)5-4-6-7(10-9-5)13-2-3-14-6/h4,14H,2-3H2,1H3. The molecule has 0 spiro atoms. The van der Waals surface area contributed by atoms with E-state index < -0.39 is 5.97 Å². The van der Waals surface area contributed by atoms with Gasteiger partial charge in [0.2, 0.25) is 5.88 Å². The second-order valence-electron chi connectivity index (χ2n) is 2.72. The van der Waals surface area contributed by atoms with E-state index in [1.165, 1.54) is 7.11 Å². The second kappa shape index (κ2) is 3.88. The number of esters is 1. The van der Waals surface area contributed by atoms with Crippen molar-refractivity contribution in [1.82, 2.24) is 10.2 Å². The number of hydrogen-bond donors (Lipinski definition) is 0. The Morgan fingerprint density at radius 3 is 3.29 bits per heavy atom. The molecule has 1 aliphatic heterocycles. The fourth-order valence-electron chi connectivity index (χ4n) is 1.15. The van der Waals surface area contributed by atoms with Gasteiger partial charge in [-0.25, -0.2) is 4.79 Å². The number of rotatable bonds is 1. The predicted molar refractivity (Wildman–Crippen MR) is 51.7 cm³/mol. The average Bonchev–Trinajstić information content (AvgIpc) is 2.27. The summed E-state index contributed by atoms with van der Waals surface area (Å²) in [6.07, 6.45) is 0.972. The van der Waals surface area contributed by atoms with Gasteiger partial charge in [0, 0.05) is 11.5 Å². The van der Waals surface area contributed by atoms with Crippen LogP contribution < -0.4 is 10.0 Å². The SMILES string of the molecule is COC(=O)c1cc2c(nn1)OCCP2. The van der Waals surface area contributed by atoms with Gasteiger partial charge in [0.1, 0.15) is 0 Å². The first-order valence-electron chi connectivity index (χ1n) is 4.14. The molecule has 0 N–H and O–H groups in total. The molecule has 1 aromatic heterocycles. The van der Waals surface area contributed by atoms with Gasteiger partial charge in [-0.15, -0.1) is 10.2 Å². The van der Waals surface area contributed by atoms with Crippen LogP contribution in [0.2, 0.25) is 0 Å². The van der Waals surface area contributed by atoms with E-state index in [2.05, 4.69) is 14.9 Å². The van der Waals surface area contributed by atoms with Crippen LogP contribution in [-0.2, 0) is 4.74 Å². The third-order valence-electron chi connectivity index (χ3n) is 1.81. The summed E-state index contributed by atoms with van der Waals surface area (Å²) in [6, 6.07) is 1.69. The van der Waals surface area contributed by atoms with E-state index >= 15 is 0 Å². The predicted octanol–water partition coefficient (Wildman–Crippen LogP) is -0.0406. The summed E-state index contributed by atoms with van der Waals surface area (Å²) in [7, 11) is 1.95. The maximum absolute atomic E-state index is 11.1. The van der Waals surface area contributed by atoms with E-state index in [-0.39, 0.29) is 5.69 Å². The zero-order valence-corrected chi connectivity index (χ0v) is 8.61. The fraction of sp³-hybridized carbons (Fsp3) is 0.375. The maximum Gasteiger partial charge on any atom is 0.358 e. The van der Waals surface area contributed by atoms with Gasteiger partial charge in [0.05, 0.1) is 13.7 Å². The van der Waals surface area contributed by atoms with E-state index in [0.717, 1.165) is 11.5 Å². The summed E-state index contributed by atoms with van der Waals surface area (Å²) < 4.78 is 9.82. The Balaban J connectivity index is 2.33. The van der Waals surface area contributed by atoms with Gasteiger partial charge in [-0.1, -0.05) is 8.58 Å². The first kappa shape index (κ1) is 9.34. The summed E-state index contributed by atoms with van der Waals surface area (Å²) in [5.41, 5.74) is 0.240. The van der Waals surface area contributed by atoms with Gasteiger partial charge in [-0.3, -0.25) is 0 Å². The molecular formula is C8H9N2O3P. The zero-order chi connectivity index (χ0) is 9.97. The first-order chi connectivity index (χ1) is 6.81. The molecule has 5 nitrogen and oxygen atoms in total. The van der Waals surface area contributed by atoms with Crippen molar-refractivity contribution in [2.45, 2.75) is 0 Å². The van der Waals surface area contributed by atoms with Gasteiger partial charge in [0.25, 0.3) is 0 Å². The van der Waals surface area contributed by atoms with Crippen LogP contribution in [-0.4, -0.2) is 36.0 Å². The van der Waals surface area contributed by atoms with Crippen molar-refractivity contribution in [3.8, 4) is 5.88 Å². The highest BCUT2D eigenvalue weighted by Crippen LogP contribution is 2.21. The Morgan fingerprint density at radius 2 is 2.50 bits per heavy atom. The van der Waals surface area contributed by atoms with Crippen LogP contribution in [0.1, 0.15) is 10.5 Å². The molecule has 1 atom stereocenters. The number of methoxy groups -OCH3 is 1. The Morgan fingerprint density at radius 1 is 1.64 bits per heavy atom. The molecule has 6 heteroatoms. The lowest BCUT2D eigenvalue weighted by Crippen LogP contribution is -2.19. The zero-order valence-electron chi connectivity index (χ0n) is 7.61. The molecule has 74 valence electrons. The molecule has 2 heterocycles. The van der Waals surface area contributed by atoms with Crippen LogP contribution in [0.25, 0.3) is 0 Å². The molecule has 0 saturated carbocycles. The van der Waals surface area contributed by atoms with Gasteiger partial charge in [0.15, 0.2) is 5.69 Å². The molecule has 1 aliphatic rings. The first-order valence-corrected chi connectivity index (χ1v) is 5.34. The number of ether oxygens (including phenoxy) is 2.